The number of carbonyl (C=O) groups is 1. The van der Waals surface area contributed by atoms with Crippen LogP contribution in [0.15, 0.2) is 18.2 Å². The molecule has 1 atom stereocenters. The molecule has 7 heteroatoms. The number of benzene rings is 1. The molecule has 1 aliphatic heterocycles. The highest BCUT2D eigenvalue weighted by Crippen LogP contribution is 2.21. The summed E-state index contributed by atoms with van der Waals surface area (Å²) in [5.41, 5.74) is 5.65. The number of nitrogens with zero attached hydrogens (tertiary/aromatic N) is 1. The Morgan fingerprint density at radius 1 is 1.58 bits per heavy atom. The average Bonchev–Trinajstić information content (AvgIpc) is 2.88. The van der Waals surface area contributed by atoms with Crippen molar-refractivity contribution in [3.63, 3.8) is 0 Å². The third kappa shape index (κ3) is 3.19. The third-order valence-electron chi connectivity index (χ3n) is 2.94. The van der Waals surface area contributed by atoms with Crippen molar-refractivity contribution in [3.05, 3.63) is 33.9 Å². The number of non-ortho nitro benzene ring substituents is 1. The topological polar surface area (TPSA) is 105 Å². The number of nitrogen functional groups attached to an aromatic ring is 1. The predicted octanol–water partition coefficient (Wildman–Crippen LogP) is 1.37. The van der Waals surface area contributed by atoms with Crippen LogP contribution < -0.4 is 5.73 Å². The summed E-state index contributed by atoms with van der Waals surface area (Å²) in [5, 5.41) is 10.6. The van der Waals surface area contributed by atoms with Crippen LogP contribution in [0, 0.1) is 16.0 Å². The molecule has 1 heterocycles. The van der Waals surface area contributed by atoms with Crippen LogP contribution in [-0.2, 0) is 9.47 Å². The number of rotatable bonds is 4. The highest BCUT2D eigenvalue weighted by atomic mass is 16.6. The van der Waals surface area contributed by atoms with E-state index in [2.05, 4.69) is 0 Å². The van der Waals surface area contributed by atoms with E-state index in [9.17, 15) is 14.9 Å². The van der Waals surface area contributed by atoms with E-state index >= 15 is 0 Å². The largest absolute Gasteiger partial charge is 0.462 e. The van der Waals surface area contributed by atoms with Gasteiger partial charge in [0.25, 0.3) is 5.69 Å². The number of carbonyl (C=O) groups excluding carboxylic acids is 1. The zero-order valence-electron chi connectivity index (χ0n) is 10.2. The van der Waals surface area contributed by atoms with Crippen molar-refractivity contribution >= 4 is 17.3 Å². The monoisotopic (exact) mass is 266 g/mol. The van der Waals surface area contributed by atoms with Crippen molar-refractivity contribution < 1.29 is 19.2 Å². The van der Waals surface area contributed by atoms with Crippen LogP contribution in [0.5, 0.6) is 0 Å². The van der Waals surface area contributed by atoms with Crippen molar-refractivity contribution in [1.29, 1.82) is 0 Å². The molecule has 1 aromatic rings. The minimum absolute atomic E-state index is 0.0434. The van der Waals surface area contributed by atoms with Gasteiger partial charge in [-0.1, -0.05) is 0 Å². The Kier molecular flexibility index (Phi) is 3.96. The molecule has 2 N–H and O–H groups in total. The van der Waals surface area contributed by atoms with Crippen LogP contribution in [0.4, 0.5) is 11.4 Å². The highest BCUT2D eigenvalue weighted by molar-refractivity contribution is 5.95. The second kappa shape index (κ2) is 5.66. The minimum Gasteiger partial charge on any atom is -0.462 e. The van der Waals surface area contributed by atoms with E-state index in [4.69, 9.17) is 15.2 Å². The Balaban J connectivity index is 2.00. The molecule has 0 aliphatic carbocycles. The Morgan fingerprint density at radius 2 is 2.37 bits per heavy atom. The van der Waals surface area contributed by atoms with Crippen LogP contribution in [0.25, 0.3) is 0 Å². The number of nitro groups is 1. The predicted molar refractivity (Wildman–Crippen MR) is 66.7 cm³/mol. The lowest BCUT2D eigenvalue weighted by Gasteiger charge is -2.10. The van der Waals surface area contributed by atoms with Crippen molar-refractivity contribution in [2.24, 2.45) is 5.92 Å². The van der Waals surface area contributed by atoms with E-state index in [-0.39, 0.29) is 29.5 Å². The third-order valence-corrected chi connectivity index (χ3v) is 2.94. The molecule has 0 spiro atoms. The fourth-order valence-electron chi connectivity index (χ4n) is 1.84. The molecule has 2 rings (SSSR count). The lowest BCUT2D eigenvalue weighted by molar-refractivity contribution is -0.384. The summed E-state index contributed by atoms with van der Waals surface area (Å²) in [6.07, 6.45) is 0.864. The molecule has 0 radical (unpaired) electrons. The number of hydrogen-bond donors (Lipinski definition) is 1. The second-order valence-electron chi connectivity index (χ2n) is 4.36. The molecule has 7 nitrogen and oxygen atoms in total. The first-order valence-electron chi connectivity index (χ1n) is 5.86. The highest BCUT2D eigenvalue weighted by Gasteiger charge is 2.20. The van der Waals surface area contributed by atoms with E-state index in [1.165, 1.54) is 12.1 Å². The molecule has 1 unspecified atom stereocenters. The van der Waals surface area contributed by atoms with Gasteiger partial charge in [-0.3, -0.25) is 10.1 Å². The van der Waals surface area contributed by atoms with Crippen molar-refractivity contribution in [1.82, 2.24) is 0 Å². The number of nitro benzene ring substituents is 1. The molecule has 0 saturated carbocycles. The summed E-state index contributed by atoms with van der Waals surface area (Å²) in [4.78, 5) is 21.8. The van der Waals surface area contributed by atoms with Gasteiger partial charge in [0.05, 0.1) is 29.4 Å². The minimum atomic E-state index is -0.570. The number of ether oxygens (including phenoxy) is 2. The summed E-state index contributed by atoms with van der Waals surface area (Å²) in [5.74, 6) is -0.359. The summed E-state index contributed by atoms with van der Waals surface area (Å²) < 4.78 is 10.3. The lowest BCUT2D eigenvalue weighted by atomic mass is 10.1. The molecule has 1 saturated heterocycles. The molecule has 102 valence electrons. The molecule has 19 heavy (non-hydrogen) atoms. The average molecular weight is 266 g/mol. The number of anilines is 1. The van der Waals surface area contributed by atoms with Crippen LogP contribution in [0.1, 0.15) is 16.8 Å². The maximum atomic E-state index is 11.8. The van der Waals surface area contributed by atoms with E-state index in [1.807, 2.05) is 0 Å². The maximum absolute atomic E-state index is 11.8. The normalized spacial score (nSPS) is 18.2. The van der Waals surface area contributed by atoms with Gasteiger partial charge >= 0.3 is 5.97 Å². The summed E-state index contributed by atoms with van der Waals surface area (Å²) in [6, 6.07) is 3.68. The zero-order valence-corrected chi connectivity index (χ0v) is 10.2. The molecule has 0 amide bonds. The molecular weight excluding hydrogens is 252 g/mol. The van der Waals surface area contributed by atoms with Gasteiger partial charge in [0.2, 0.25) is 0 Å². The van der Waals surface area contributed by atoms with Crippen LogP contribution >= 0.6 is 0 Å². The Hall–Kier alpha value is -2.15. The van der Waals surface area contributed by atoms with Gasteiger partial charge in [-0.15, -0.1) is 0 Å². The molecule has 1 fully saturated rings. The first-order chi connectivity index (χ1) is 9.08. The van der Waals surface area contributed by atoms with Crippen LogP contribution in [0.3, 0.4) is 0 Å². The Morgan fingerprint density at radius 3 is 2.95 bits per heavy atom. The van der Waals surface area contributed by atoms with Crippen molar-refractivity contribution in [2.45, 2.75) is 6.42 Å². The van der Waals surface area contributed by atoms with Gasteiger partial charge in [-0.2, -0.15) is 0 Å². The second-order valence-corrected chi connectivity index (χ2v) is 4.36. The smallest absolute Gasteiger partial charge is 0.340 e. The van der Waals surface area contributed by atoms with E-state index in [1.54, 1.807) is 0 Å². The van der Waals surface area contributed by atoms with Gasteiger partial charge in [0.1, 0.15) is 0 Å². The standard InChI is InChI=1S/C12H14N2O5/c13-11-5-9(14(16)17)1-2-10(11)12(15)19-7-8-3-4-18-6-8/h1-2,5,8H,3-4,6-7,13H2. The van der Waals surface area contributed by atoms with Crippen LogP contribution in [0.2, 0.25) is 0 Å². The van der Waals surface area contributed by atoms with Gasteiger partial charge in [0, 0.05) is 24.7 Å². The fourth-order valence-corrected chi connectivity index (χ4v) is 1.84. The van der Waals surface area contributed by atoms with E-state index < -0.39 is 10.9 Å². The lowest BCUT2D eigenvalue weighted by Crippen LogP contribution is -2.15. The summed E-state index contributed by atoms with van der Waals surface area (Å²) in [6.45, 7) is 1.54. The number of hydrogen-bond acceptors (Lipinski definition) is 6. The Labute approximate surface area is 109 Å². The molecule has 1 aliphatic rings. The van der Waals surface area contributed by atoms with Gasteiger partial charge in [-0.05, 0) is 12.5 Å². The van der Waals surface area contributed by atoms with Gasteiger partial charge in [-0.25, -0.2) is 4.79 Å². The number of esters is 1. The quantitative estimate of drug-likeness (QED) is 0.382. The molecule has 1 aromatic carbocycles. The van der Waals surface area contributed by atoms with E-state index in [0.717, 1.165) is 12.5 Å². The van der Waals surface area contributed by atoms with Crippen LogP contribution in [-0.4, -0.2) is 30.7 Å². The molecular formula is C12H14N2O5. The van der Waals surface area contributed by atoms with Gasteiger partial charge < -0.3 is 15.2 Å². The maximum Gasteiger partial charge on any atom is 0.340 e. The SMILES string of the molecule is Nc1cc([N+](=O)[O-])ccc1C(=O)OCC1CCOC1. The first kappa shape index (κ1) is 13.3. The van der Waals surface area contributed by atoms with Crippen molar-refractivity contribution in [2.75, 3.05) is 25.6 Å². The zero-order chi connectivity index (χ0) is 13.8. The molecule has 0 aromatic heterocycles. The first-order valence-corrected chi connectivity index (χ1v) is 5.86. The Bertz CT molecular complexity index is 497. The fraction of sp³-hybridized carbons (Fsp3) is 0.417. The van der Waals surface area contributed by atoms with E-state index in [0.29, 0.717) is 13.2 Å². The summed E-state index contributed by atoms with van der Waals surface area (Å²) >= 11 is 0. The van der Waals surface area contributed by atoms with Gasteiger partial charge in [0.15, 0.2) is 0 Å². The van der Waals surface area contributed by atoms with Crippen molar-refractivity contribution in [3.8, 4) is 0 Å². The molecule has 0 bridgehead atoms. The number of nitrogens with two attached hydrogens (primary N) is 1. The summed E-state index contributed by atoms with van der Waals surface area (Å²) in [7, 11) is 0.